The molecule has 1 heterocycles. The summed E-state index contributed by atoms with van der Waals surface area (Å²) in [7, 11) is -2.42. The van der Waals surface area contributed by atoms with Gasteiger partial charge in [0.15, 0.2) is 0 Å². The third kappa shape index (κ3) is 2.58. The van der Waals surface area contributed by atoms with Crippen LogP contribution in [0.15, 0.2) is 47.4 Å². The van der Waals surface area contributed by atoms with Crippen molar-refractivity contribution in [3.63, 3.8) is 0 Å². The van der Waals surface area contributed by atoms with Gasteiger partial charge < -0.3 is 10.5 Å². The molecule has 1 aliphatic heterocycles. The lowest BCUT2D eigenvalue weighted by molar-refractivity contribution is -0.128. The number of nitrogens with two attached hydrogens (primary N) is 1. The van der Waals surface area contributed by atoms with Crippen LogP contribution in [0.4, 0.5) is 0 Å². The van der Waals surface area contributed by atoms with E-state index in [1.807, 2.05) is 24.3 Å². The van der Waals surface area contributed by atoms with E-state index in [-0.39, 0.29) is 18.0 Å². The second kappa shape index (κ2) is 6.16. The van der Waals surface area contributed by atoms with Crippen LogP contribution >= 0.6 is 0 Å². The van der Waals surface area contributed by atoms with Crippen LogP contribution in [0.1, 0.15) is 12.8 Å². The number of carbonyl (C=O) groups excluding carboxylic acids is 1. The molecule has 0 spiro atoms. The molecule has 1 aliphatic rings. The monoisotopic (exact) mass is 348 g/mol. The third-order valence-electron chi connectivity index (χ3n) is 4.58. The summed E-state index contributed by atoms with van der Waals surface area (Å²) < 4.78 is 32.6. The van der Waals surface area contributed by atoms with Crippen LogP contribution in [0.3, 0.4) is 0 Å². The van der Waals surface area contributed by atoms with Gasteiger partial charge in [-0.25, -0.2) is 8.42 Å². The number of carbonyl (C=O) groups is 1. The Bertz CT molecular complexity index is 881. The van der Waals surface area contributed by atoms with Crippen LogP contribution in [0.25, 0.3) is 10.8 Å². The van der Waals surface area contributed by atoms with Gasteiger partial charge in [0.25, 0.3) is 0 Å². The summed E-state index contributed by atoms with van der Waals surface area (Å²) in [5.74, 6) is -0.675. The van der Waals surface area contributed by atoms with Crippen LogP contribution in [0, 0.1) is 0 Å². The van der Waals surface area contributed by atoms with Crippen LogP contribution in [0.2, 0.25) is 0 Å². The molecule has 128 valence electrons. The highest BCUT2D eigenvalue weighted by Gasteiger charge is 2.52. The van der Waals surface area contributed by atoms with Crippen molar-refractivity contribution in [2.75, 3.05) is 20.3 Å². The van der Waals surface area contributed by atoms with E-state index in [0.29, 0.717) is 12.8 Å². The highest BCUT2D eigenvalue weighted by atomic mass is 32.2. The Morgan fingerprint density at radius 3 is 2.62 bits per heavy atom. The molecule has 6 nitrogen and oxygen atoms in total. The average Bonchev–Trinajstić information content (AvgIpc) is 3.00. The van der Waals surface area contributed by atoms with Crippen molar-refractivity contribution in [2.24, 2.45) is 5.73 Å². The molecular weight excluding hydrogens is 328 g/mol. The molecule has 24 heavy (non-hydrogen) atoms. The summed E-state index contributed by atoms with van der Waals surface area (Å²) in [4.78, 5) is 12.2. The largest absolute Gasteiger partial charge is 0.382 e. The Kier molecular flexibility index (Phi) is 4.33. The molecule has 0 bridgehead atoms. The molecule has 1 saturated heterocycles. The SMILES string of the molecule is COCC1(C(N)=O)CCCN1S(=O)(=O)c1ccc2ccccc2c1. The smallest absolute Gasteiger partial charge is 0.244 e. The van der Waals surface area contributed by atoms with Crippen LogP contribution < -0.4 is 5.73 Å². The van der Waals surface area contributed by atoms with Crippen molar-refractivity contribution in [1.82, 2.24) is 4.31 Å². The molecule has 1 unspecified atom stereocenters. The first-order valence-electron chi connectivity index (χ1n) is 7.72. The molecular formula is C17H20N2O4S. The Labute approximate surface area is 141 Å². The molecule has 0 aromatic heterocycles. The van der Waals surface area contributed by atoms with Crippen molar-refractivity contribution in [2.45, 2.75) is 23.3 Å². The minimum absolute atomic E-state index is 0.0465. The van der Waals surface area contributed by atoms with Crippen molar-refractivity contribution in [1.29, 1.82) is 0 Å². The lowest BCUT2D eigenvalue weighted by atomic mass is 9.98. The zero-order valence-electron chi connectivity index (χ0n) is 13.4. The lowest BCUT2D eigenvalue weighted by Crippen LogP contribution is -2.58. The van der Waals surface area contributed by atoms with E-state index in [4.69, 9.17) is 10.5 Å². The number of fused-ring (bicyclic) bond motifs is 1. The fourth-order valence-electron chi connectivity index (χ4n) is 3.36. The van der Waals surface area contributed by atoms with Gasteiger partial charge in [-0.15, -0.1) is 0 Å². The van der Waals surface area contributed by atoms with E-state index in [9.17, 15) is 13.2 Å². The number of primary amides is 1. The standard InChI is InChI=1S/C17H20N2O4S/c1-23-12-17(16(18)20)9-4-10-19(17)24(21,22)15-8-7-13-5-2-3-6-14(13)11-15/h2-3,5-8,11H,4,9-10,12H2,1H3,(H2,18,20). The van der Waals surface area contributed by atoms with Gasteiger partial charge >= 0.3 is 0 Å². The Hall–Kier alpha value is -1.96. The summed E-state index contributed by atoms with van der Waals surface area (Å²) in [5.41, 5.74) is 4.23. The molecule has 7 heteroatoms. The molecule has 3 rings (SSSR count). The van der Waals surface area contributed by atoms with E-state index in [1.54, 1.807) is 18.2 Å². The van der Waals surface area contributed by atoms with Gasteiger partial charge in [-0.05, 0) is 35.7 Å². The second-order valence-corrected chi connectivity index (χ2v) is 7.88. The van der Waals surface area contributed by atoms with Gasteiger partial charge in [0, 0.05) is 13.7 Å². The maximum absolute atomic E-state index is 13.1. The van der Waals surface area contributed by atoms with Crippen LogP contribution in [-0.4, -0.2) is 44.4 Å². The van der Waals surface area contributed by atoms with Gasteiger partial charge in [-0.3, -0.25) is 4.79 Å². The van der Waals surface area contributed by atoms with Crippen LogP contribution in [-0.2, 0) is 19.6 Å². The number of hydrogen-bond donors (Lipinski definition) is 1. The van der Waals surface area contributed by atoms with Gasteiger partial charge in [-0.2, -0.15) is 4.31 Å². The number of hydrogen-bond acceptors (Lipinski definition) is 4. The van der Waals surface area contributed by atoms with Crippen LogP contribution in [0.5, 0.6) is 0 Å². The number of benzene rings is 2. The molecule has 0 aliphatic carbocycles. The summed E-state index contributed by atoms with van der Waals surface area (Å²) in [6.07, 6.45) is 0.933. The van der Waals surface area contributed by atoms with E-state index < -0.39 is 21.5 Å². The highest BCUT2D eigenvalue weighted by molar-refractivity contribution is 7.89. The van der Waals surface area contributed by atoms with Crippen molar-refractivity contribution < 1.29 is 17.9 Å². The van der Waals surface area contributed by atoms with E-state index in [1.165, 1.54) is 11.4 Å². The Morgan fingerprint density at radius 1 is 1.25 bits per heavy atom. The van der Waals surface area contributed by atoms with E-state index in [2.05, 4.69) is 0 Å². The summed E-state index contributed by atoms with van der Waals surface area (Å²) in [6, 6.07) is 12.5. The highest BCUT2D eigenvalue weighted by Crippen LogP contribution is 2.35. The van der Waals surface area contributed by atoms with Gasteiger partial charge in [0.2, 0.25) is 15.9 Å². The molecule has 2 aromatic rings. The fraction of sp³-hybridized carbons (Fsp3) is 0.353. The van der Waals surface area contributed by atoms with Gasteiger partial charge in [0.1, 0.15) is 5.54 Å². The lowest BCUT2D eigenvalue weighted by Gasteiger charge is -2.34. The third-order valence-corrected chi connectivity index (χ3v) is 6.54. The van der Waals surface area contributed by atoms with Crippen molar-refractivity contribution in [3.8, 4) is 0 Å². The summed E-state index contributed by atoms with van der Waals surface area (Å²) in [5, 5.41) is 1.78. The minimum atomic E-state index is -3.85. The topological polar surface area (TPSA) is 89.7 Å². The molecule has 2 N–H and O–H groups in total. The summed E-state index contributed by atoms with van der Waals surface area (Å²) in [6.45, 7) is 0.205. The molecule has 0 saturated carbocycles. The second-order valence-electron chi connectivity index (χ2n) is 6.02. The van der Waals surface area contributed by atoms with E-state index in [0.717, 1.165) is 10.8 Å². The number of ether oxygens (including phenoxy) is 1. The number of nitrogens with zero attached hydrogens (tertiary/aromatic N) is 1. The fourth-order valence-corrected chi connectivity index (χ4v) is 5.19. The van der Waals surface area contributed by atoms with Crippen molar-refractivity contribution in [3.05, 3.63) is 42.5 Å². The predicted octanol–water partition coefficient (Wildman–Crippen LogP) is 1.49. The first-order chi connectivity index (χ1) is 11.4. The maximum Gasteiger partial charge on any atom is 0.244 e. The normalized spacial score (nSPS) is 22.0. The number of sulfonamides is 1. The molecule has 1 fully saturated rings. The maximum atomic E-state index is 13.1. The van der Waals surface area contributed by atoms with Gasteiger partial charge in [-0.1, -0.05) is 30.3 Å². The zero-order valence-corrected chi connectivity index (χ0v) is 14.3. The molecule has 1 atom stereocenters. The van der Waals surface area contributed by atoms with Crippen molar-refractivity contribution >= 4 is 26.7 Å². The minimum Gasteiger partial charge on any atom is -0.382 e. The van der Waals surface area contributed by atoms with Gasteiger partial charge in [0.05, 0.1) is 11.5 Å². The zero-order chi connectivity index (χ0) is 17.4. The summed E-state index contributed by atoms with van der Waals surface area (Å²) >= 11 is 0. The first kappa shape index (κ1) is 16.9. The van der Waals surface area contributed by atoms with E-state index >= 15 is 0 Å². The number of methoxy groups -OCH3 is 1. The first-order valence-corrected chi connectivity index (χ1v) is 9.16. The number of rotatable bonds is 5. The molecule has 2 aromatic carbocycles. The average molecular weight is 348 g/mol. The molecule has 0 radical (unpaired) electrons. The number of amides is 1. The Morgan fingerprint density at radius 2 is 1.96 bits per heavy atom. The quantitative estimate of drug-likeness (QED) is 0.886. The Balaban J connectivity index is 2.09. The molecule has 1 amide bonds. The predicted molar refractivity (Wildman–Crippen MR) is 90.9 cm³/mol.